The summed E-state index contributed by atoms with van der Waals surface area (Å²) < 4.78 is 5.61. The number of carbonyl (C=O) groups excluding carboxylic acids is 2. The molecular weight excluding hydrogens is 388 g/mol. The fraction of sp³-hybridized carbons (Fsp3) is 0.0909. The molecule has 0 spiro atoms. The fourth-order valence-electron chi connectivity index (χ4n) is 2.41. The van der Waals surface area contributed by atoms with Gasteiger partial charge in [0.05, 0.1) is 28.5 Å². The van der Waals surface area contributed by atoms with Crippen molar-refractivity contribution in [2.45, 2.75) is 6.92 Å². The molecule has 0 radical (unpaired) electrons. The molecule has 0 atom stereocenters. The second-order valence-electron chi connectivity index (χ2n) is 5.70. The molecule has 0 unspecified atom stereocenters. The molecule has 142 valence electrons. The molecule has 29 heavy (non-hydrogen) atoms. The molecule has 0 saturated carbocycles. The Morgan fingerprint density at radius 2 is 1.83 bits per heavy atom. The maximum absolute atomic E-state index is 12.8. The number of aromatic nitrogens is 1. The van der Waals surface area contributed by atoms with Crippen LogP contribution in [0, 0.1) is 23.2 Å². The Morgan fingerprint density at radius 3 is 2.48 bits per heavy atom. The van der Waals surface area contributed by atoms with Crippen LogP contribution in [0.25, 0.3) is 15.8 Å². The number of benzene rings is 2. The van der Waals surface area contributed by atoms with Crippen molar-refractivity contribution in [2.75, 3.05) is 6.61 Å². The van der Waals surface area contributed by atoms with Gasteiger partial charge in [-0.15, -0.1) is 11.3 Å². The van der Waals surface area contributed by atoms with Crippen molar-refractivity contribution in [1.29, 1.82) is 5.26 Å². The number of ether oxygens (including phenoxy) is 1. The fourth-order valence-corrected chi connectivity index (χ4v) is 3.41. The van der Waals surface area contributed by atoms with Crippen LogP contribution in [-0.4, -0.2) is 28.4 Å². The van der Waals surface area contributed by atoms with Crippen LogP contribution in [-0.2, 0) is 14.3 Å². The van der Waals surface area contributed by atoms with Crippen LogP contribution in [0.15, 0.2) is 54.3 Å². The first-order chi connectivity index (χ1) is 14.0. The first-order valence-corrected chi connectivity index (χ1v) is 9.38. The number of ketones is 1. The van der Waals surface area contributed by atoms with Crippen LogP contribution >= 0.6 is 11.3 Å². The molecule has 1 N–H and O–H groups in total. The predicted molar refractivity (Wildman–Crippen MR) is 109 cm³/mol. The van der Waals surface area contributed by atoms with Gasteiger partial charge in [0.25, 0.3) is 0 Å². The largest absolute Gasteiger partial charge is 0.501 e. The van der Waals surface area contributed by atoms with E-state index in [1.54, 1.807) is 43.3 Å². The molecule has 1 aromatic heterocycles. The monoisotopic (exact) mass is 402 g/mol. The average molecular weight is 402 g/mol. The lowest BCUT2D eigenvalue weighted by Crippen LogP contribution is -2.13. The zero-order valence-electron chi connectivity index (χ0n) is 15.3. The molecule has 6 nitrogen and oxygen atoms in total. The summed E-state index contributed by atoms with van der Waals surface area (Å²) in [6.07, 6.45) is 0. The molecule has 7 heteroatoms. The number of para-hydroxylation sites is 1. The number of allylic oxidation sites excluding steroid dienone is 1. The first-order valence-electron chi connectivity index (χ1n) is 8.56. The summed E-state index contributed by atoms with van der Waals surface area (Å²) in [7, 11) is 0. The summed E-state index contributed by atoms with van der Waals surface area (Å²) in [5.41, 5.74) is 1.31. The number of hydrogen-bond acceptors (Lipinski definition) is 7. The molecule has 0 fully saturated rings. The molecule has 0 bridgehead atoms. The molecular formula is C22H14N2O4S. The van der Waals surface area contributed by atoms with Crippen LogP contribution < -0.4 is 0 Å². The molecule has 3 aromatic rings. The number of nitriles is 1. The Hall–Kier alpha value is -3.94. The van der Waals surface area contributed by atoms with Crippen molar-refractivity contribution < 1.29 is 19.4 Å². The van der Waals surface area contributed by atoms with Gasteiger partial charge in [-0.2, -0.15) is 5.26 Å². The van der Waals surface area contributed by atoms with Gasteiger partial charge in [0.1, 0.15) is 10.6 Å². The minimum atomic E-state index is -1.02. The summed E-state index contributed by atoms with van der Waals surface area (Å²) >= 11 is 1.16. The van der Waals surface area contributed by atoms with Gasteiger partial charge in [-0.25, -0.2) is 9.78 Å². The third-order valence-electron chi connectivity index (χ3n) is 3.77. The van der Waals surface area contributed by atoms with E-state index in [1.807, 2.05) is 18.2 Å². The highest BCUT2D eigenvalue weighted by Gasteiger charge is 2.25. The number of hydrogen-bond donors (Lipinski definition) is 1. The second-order valence-corrected chi connectivity index (χ2v) is 6.73. The molecule has 0 aliphatic heterocycles. The van der Waals surface area contributed by atoms with E-state index in [2.05, 4.69) is 16.8 Å². The average Bonchev–Trinajstić information content (AvgIpc) is 3.16. The zero-order valence-corrected chi connectivity index (χ0v) is 16.1. The van der Waals surface area contributed by atoms with Gasteiger partial charge in [0, 0.05) is 5.56 Å². The number of nitrogens with zero attached hydrogens (tertiary/aromatic N) is 2. The number of esters is 1. The van der Waals surface area contributed by atoms with Gasteiger partial charge >= 0.3 is 5.97 Å². The highest BCUT2D eigenvalue weighted by molar-refractivity contribution is 7.19. The third-order valence-corrected chi connectivity index (χ3v) is 4.83. The van der Waals surface area contributed by atoms with Crippen LogP contribution in [0.2, 0.25) is 0 Å². The van der Waals surface area contributed by atoms with Crippen LogP contribution in [0.4, 0.5) is 0 Å². The van der Waals surface area contributed by atoms with Gasteiger partial charge in [0.15, 0.2) is 0 Å². The standard InChI is InChI=1S/C22H14N2O4S/c1-2-28-22(27)20(26)19(21-24-16-5-3-4-6-18(16)29-21)17(25)12-11-14-7-9-15(13-23)10-8-14/h3-10,26H,2H2,1H3/b20-19+. The summed E-state index contributed by atoms with van der Waals surface area (Å²) in [6, 6.07) is 15.6. The van der Waals surface area contributed by atoms with Crippen molar-refractivity contribution in [3.05, 3.63) is 70.4 Å². The van der Waals surface area contributed by atoms with E-state index in [4.69, 9.17) is 10.00 Å². The molecule has 0 saturated heterocycles. The number of rotatable bonds is 4. The Kier molecular flexibility index (Phi) is 6.03. The minimum Gasteiger partial charge on any atom is -0.501 e. The number of Topliss-reactive ketones (excluding diaryl/α,β-unsaturated/α-hetero) is 1. The van der Waals surface area contributed by atoms with Gasteiger partial charge in [-0.1, -0.05) is 18.1 Å². The van der Waals surface area contributed by atoms with E-state index in [9.17, 15) is 14.7 Å². The predicted octanol–water partition coefficient (Wildman–Crippen LogP) is 3.62. The van der Waals surface area contributed by atoms with Crippen molar-refractivity contribution >= 4 is 38.9 Å². The van der Waals surface area contributed by atoms with Crippen molar-refractivity contribution in [3.8, 4) is 17.9 Å². The van der Waals surface area contributed by atoms with Crippen LogP contribution in [0.3, 0.4) is 0 Å². The number of thiazole rings is 1. The summed E-state index contributed by atoms with van der Waals surface area (Å²) in [5.74, 6) is 2.49. The molecule has 0 aliphatic carbocycles. The highest BCUT2D eigenvalue weighted by atomic mass is 32.1. The van der Waals surface area contributed by atoms with Crippen molar-refractivity contribution in [3.63, 3.8) is 0 Å². The topological polar surface area (TPSA) is 100 Å². The van der Waals surface area contributed by atoms with E-state index < -0.39 is 17.5 Å². The third kappa shape index (κ3) is 4.49. The van der Waals surface area contributed by atoms with Gasteiger partial charge in [0.2, 0.25) is 11.5 Å². The Labute approximate surface area is 170 Å². The quantitative estimate of drug-likeness (QED) is 0.310. The van der Waals surface area contributed by atoms with E-state index >= 15 is 0 Å². The minimum absolute atomic E-state index is 0.0428. The highest BCUT2D eigenvalue weighted by Crippen LogP contribution is 2.29. The van der Waals surface area contributed by atoms with Crippen molar-refractivity contribution in [1.82, 2.24) is 4.98 Å². The number of aliphatic hydroxyl groups excluding tert-OH is 1. The van der Waals surface area contributed by atoms with E-state index in [0.717, 1.165) is 16.0 Å². The molecule has 2 aromatic carbocycles. The van der Waals surface area contributed by atoms with Gasteiger partial charge in [-0.05, 0) is 49.2 Å². The number of carbonyl (C=O) groups is 2. The number of fused-ring (bicyclic) bond motifs is 1. The second kappa shape index (κ2) is 8.83. The number of aliphatic hydroxyl groups is 1. The lowest BCUT2D eigenvalue weighted by molar-refractivity contribution is -0.141. The lowest BCUT2D eigenvalue weighted by atomic mass is 10.1. The first kappa shape index (κ1) is 19.8. The summed E-state index contributed by atoms with van der Waals surface area (Å²) in [6.45, 7) is 1.64. The molecule has 0 aliphatic rings. The molecule has 0 amide bonds. The Bertz CT molecular complexity index is 1190. The van der Waals surface area contributed by atoms with Crippen molar-refractivity contribution in [2.24, 2.45) is 0 Å². The van der Waals surface area contributed by atoms with E-state index in [0.29, 0.717) is 16.6 Å². The normalized spacial score (nSPS) is 11.0. The summed E-state index contributed by atoms with van der Waals surface area (Å²) in [5, 5.41) is 19.4. The van der Waals surface area contributed by atoms with Gasteiger partial charge < -0.3 is 9.84 Å². The Balaban J connectivity index is 2.04. The maximum atomic E-state index is 12.8. The smallest absolute Gasteiger partial charge is 0.374 e. The van der Waals surface area contributed by atoms with Gasteiger partial charge in [-0.3, -0.25) is 4.79 Å². The van der Waals surface area contributed by atoms with E-state index in [1.165, 1.54) is 0 Å². The lowest BCUT2D eigenvalue weighted by Gasteiger charge is -2.04. The summed E-state index contributed by atoms with van der Waals surface area (Å²) in [4.78, 5) is 29.2. The van der Waals surface area contributed by atoms with E-state index in [-0.39, 0.29) is 17.2 Å². The zero-order chi connectivity index (χ0) is 20.8. The van der Waals surface area contributed by atoms with Crippen LogP contribution in [0.1, 0.15) is 23.1 Å². The van der Waals surface area contributed by atoms with Crippen LogP contribution in [0.5, 0.6) is 0 Å². The Morgan fingerprint density at radius 1 is 1.14 bits per heavy atom. The molecule has 3 rings (SSSR count). The SMILES string of the molecule is CCOC(=O)/C(O)=C(/C(=O)C#Cc1ccc(C#N)cc1)c1nc2ccccc2s1. The molecule has 1 heterocycles. The maximum Gasteiger partial charge on any atom is 0.374 e.